The molecule has 1 heterocycles. The smallest absolute Gasteiger partial charge is 0.142 e. The molecular formula is C9H10N2O. The molecule has 2 N–H and O–H groups in total. The Bertz CT molecular complexity index is 304. The highest BCUT2D eigenvalue weighted by Gasteiger charge is 2.07. The summed E-state index contributed by atoms with van der Waals surface area (Å²) >= 11 is 0. The standard InChI is InChI=1S/C9H10N2O/c1-3-8(10)7-4-5-11-6-9(7)12-2/h1,4-6,8H,10H2,2H3. The van der Waals surface area contributed by atoms with Crippen LogP contribution in [0.15, 0.2) is 18.5 Å². The van der Waals surface area contributed by atoms with E-state index in [-0.39, 0.29) is 0 Å². The zero-order valence-electron chi connectivity index (χ0n) is 6.82. The molecule has 0 amide bonds. The van der Waals surface area contributed by atoms with Crippen LogP contribution in [0.4, 0.5) is 0 Å². The molecule has 3 heteroatoms. The molecule has 0 fully saturated rings. The third-order valence-corrected chi connectivity index (χ3v) is 1.55. The molecule has 62 valence electrons. The largest absolute Gasteiger partial charge is 0.495 e. The van der Waals surface area contributed by atoms with E-state index in [0.29, 0.717) is 5.75 Å². The van der Waals surface area contributed by atoms with Gasteiger partial charge in [-0.15, -0.1) is 6.42 Å². The number of nitrogens with two attached hydrogens (primary N) is 1. The monoisotopic (exact) mass is 162 g/mol. The minimum atomic E-state index is -0.428. The number of terminal acetylenes is 1. The van der Waals surface area contributed by atoms with Gasteiger partial charge in [-0.05, 0) is 6.07 Å². The summed E-state index contributed by atoms with van der Waals surface area (Å²) in [6.07, 6.45) is 8.40. The molecule has 1 atom stereocenters. The van der Waals surface area contributed by atoms with Gasteiger partial charge in [-0.1, -0.05) is 5.92 Å². The van der Waals surface area contributed by atoms with Crippen molar-refractivity contribution in [3.05, 3.63) is 24.0 Å². The summed E-state index contributed by atoms with van der Waals surface area (Å²) in [4.78, 5) is 3.88. The summed E-state index contributed by atoms with van der Waals surface area (Å²) in [6, 6.07) is 1.33. The normalized spacial score (nSPS) is 11.8. The fourth-order valence-corrected chi connectivity index (χ4v) is 0.908. The van der Waals surface area contributed by atoms with Gasteiger partial charge in [0.05, 0.1) is 19.3 Å². The molecule has 0 radical (unpaired) electrons. The number of aromatic nitrogens is 1. The van der Waals surface area contributed by atoms with Crippen molar-refractivity contribution in [2.45, 2.75) is 6.04 Å². The van der Waals surface area contributed by atoms with Gasteiger partial charge in [0.15, 0.2) is 0 Å². The fourth-order valence-electron chi connectivity index (χ4n) is 0.908. The molecule has 0 aliphatic heterocycles. The predicted octanol–water partition coefficient (Wildman–Crippen LogP) is 0.723. The second-order valence-electron chi connectivity index (χ2n) is 2.26. The Balaban J connectivity index is 3.06. The van der Waals surface area contributed by atoms with Gasteiger partial charge in [-0.3, -0.25) is 4.98 Å². The van der Waals surface area contributed by atoms with E-state index in [9.17, 15) is 0 Å². The van der Waals surface area contributed by atoms with Gasteiger partial charge in [-0.2, -0.15) is 0 Å². The average molecular weight is 162 g/mol. The molecule has 0 spiro atoms. The van der Waals surface area contributed by atoms with Crippen molar-refractivity contribution in [3.8, 4) is 18.1 Å². The van der Waals surface area contributed by atoms with Crippen LogP contribution in [0.5, 0.6) is 5.75 Å². The molecule has 3 nitrogen and oxygen atoms in total. The molecule has 1 aromatic heterocycles. The van der Waals surface area contributed by atoms with Gasteiger partial charge in [0.25, 0.3) is 0 Å². The first-order valence-electron chi connectivity index (χ1n) is 3.49. The van der Waals surface area contributed by atoms with Crippen molar-refractivity contribution in [3.63, 3.8) is 0 Å². The van der Waals surface area contributed by atoms with E-state index < -0.39 is 6.04 Å². The minimum absolute atomic E-state index is 0.428. The quantitative estimate of drug-likeness (QED) is 0.652. The first-order valence-corrected chi connectivity index (χ1v) is 3.49. The molecule has 0 aromatic carbocycles. The van der Waals surface area contributed by atoms with E-state index in [0.717, 1.165) is 5.56 Å². The van der Waals surface area contributed by atoms with Crippen LogP contribution in [0, 0.1) is 12.3 Å². The number of ether oxygens (including phenoxy) is 1. The maximum absolute atomic E-state index is 5.63. The van der Waals surface area contributed by atoms with Gasteiger partial charge in [0.1, 0.15) is 5.75 Å². The lowest BCUT2D eigenvalue weighted by atomic mass is 10.1. The zero-order chi connectivity index (χ0) is 8.97. The summed E-state index contributed by atoms with van der Waals surface area (Å²) in [5, 5.41) is 0. The Kier molecular flexibility index (Phi) is 2.67. The number of pyridine rings is 1. The Morgan fingerprint density at radius 2 is 2.50 bits per heavy atom. The lowest BCUT2D eigenvalue weighted by Crippen LogP contribution is -2.08. The molecule has 12 heavy (non-hydrogen) atoms. The van der Waals surface area contributed by atoms with Gasteiger partial charge in [0, 0.05) is 11.8 Å². The van der Waals surface area contributed by atoms with Crippen molar-refractivity contribution >= 4 is 0 Å². The van der Waals surface area contributed by atoms with E-state index in [1.54, 1.807) is 25.6 Å². The molecular weight excluding hydrogens is 152 g/mol. The maximum Gasteiger partial charge on any atom is 0.142 e. The van der Waals surface area contributed by atoms with E-state index in [1.165, 1.54) is 0 Å². The van der Waals surface area contributed by atoms with Gasteiger partial charge in [-0.25, -0.2) is 0 Å². The Labute approximate surface area is 71.6 Å². The summed E-state index contributed by atoms with van der Waals surface area (Å²) < 4.78 is 5.03. The van der Waals surface area contributed by atoms with Crippen LogP contribution in [0.3, 0.4) is 0 Å². The van der Waals surface area contributed by atoms with Gasteiger partial charge in [0.2, 0.25) is 0 Å². The number of hydrogen-bond donors (Lipinski definition) is 1. The highest BCUT2D eigenvalue weighted by molar-refractivity contribution is 5.36. The highest BCUT2D eigenvalue weighted by atomic mass is 16.5. The zero-order valence-corrected chi connectivity index (χ0v) is 6.82. The molecule has 1 unspecified atom stereocenters. The topological polar surface area (TPSA) is 48.1 Å². The Hall–Kier alpha value is -1.53. The number of hydrogen-bond acceptors (Lipinski definition) is 3. The average Bonchev–Trinajstić information content (AvgIpc) is 2.16. The van der Waals surface area contributed by atoms with E-state index in [2.05, 4.69) is 10.9 Å². The van der Waals surface area contributed by atoms with Crippen LogP contribution in [0.25, 0.3) is 0 Å². The summed E-state index contributed by atoms with van der Waals surface area (Å²) in [5.41, 5.74) is 6.41. The SMILES string of the molecule is C#CC(N)c1ccncc1OC. The van der Waals surface area contributed by atoms with E-state index >= 15 is 0 Å². The first-order chi connectivity index (χ1) is 5.79. The number of rotatable bonds is 2. The molecule has 0 aliphatic rings. The summed E-state index contributed by atoms with van der Waals surface area (Å²) in [5.74, 6) is 3.05. The van der Waals surface area contributed by atoms with Crippen LogP contribution in [-0.2, 0) is 0 Å². The van der Waals surface area contributed by atoms with E-state index in [1.807, 2.05) is 0 Å². The third kappa shape index (κ3) is 1.55. The van der Waals surface area contributed by atoms with Crippen molar-refractivity contribution in [1.82, 2.24) is 4.98 Å². The Morgan fingerprint density at radius 3 is 3.08 bits per heavy atom. The fraction of sp³-hybridized carbons (Fsp3) is 0.222. The van der Waals surface area contributed by atoms with Crippen LogP contribution in [0.2, 0.25) is 0 Å². The molecule has 1 rings (SSSR count). The summed E-state index contributed by atoms with van der Waals surface area (Å²) in [6.45, 7) is 0. The minimum Gasteiger partial charge on any atom is -0.495 e. The van der Waals surface area contributed by atoms with Crippen molar-refractivity contribution in [1.29, 1.82) is 0 Å². The molecule has 1 aromatic rings. The molecule has 0 saturated carbocycles. The number of nitrogens with zero attached hydrogens (tertiary/aromatic N) is 1. The summed E-state index contributed by atoms with van der Waals surface area (Å²) in [7, 11) is 1.56. The first kappa shape index (κ1) is 8.57. The van der Waals surface area contributed by atoms with Crippen LogP contribution in [-0.4, -0.2) is 12.1 Å². The van der Waals surface area contributed by atoms with Crippen LogP contribution >= 0.6 is 0 Å². The van der Waals surface area contributed by atoms with Crippen molar-refractivity contribution < 1.29 is 4.74 Å². The van der Waals surface area contributed by atoms with Crippen LogP contribution in [0.1, 0.15) is 11.6 Å². The lowest BCUT2D eigenvalue weighted by Gasteiger charge is -2.08. The second-order valence-corrected chi connectivity index (χ2v) is 2.26. The van der Waals surface area contributed by atoms with Crippen LogP contribution < -0.4 is 10.5 Å². The van der Waals surface area contributed by atoms with Crippen molar-refractivity contribution in [2.24, 2.45) is 5.73 Å². The lowest BCUT2D eigenvalue weighted by molar-refractivity contribution is 0.406. The molecule has 0 bridgehead atoms. The third-order valence-electron chi connectivity index (χ3n) is 1.55. The highest BCUT2D eigenvalue weighted by Crippen LogP contribution is 2.20. The number of methoxy groups -OCH3 is 1. The van der Waals surface area contributed by atoms with E-state index in [4.69, 9.17) is 16.9 Å². The Morgan fingerprint density at radius 1 is 1.75 bits per heavy atom. The van der Waals surface area contributed by atoms with Gasteiger partial charge < -0.3 is 10.5 Å². The maximum atomic E-state index is 5.63. The molecule has 0 saturated heterocycles. The second kappa shape index (κ2) is 3.74. The predicted molar refractivity (Wildman–Crippen MR) is 46.6 cm³/mol. The van der Waals surface area contributed by atoms with Crippen molar-refractivity contribution in [2.75, 3.05) is 7.11 Å². The molecule has 0 aliphatic carbocycles. The van der Waals surface area contributed by atoms with Gasteiger partial charge >= 0.3 is 0 Å².